The van der Waals surface area contributed by atoms with Crippen molar-refractivity contribution in [3.05, 3.63) is 23.8 Å². The fourth-order valence-electron chi connectivity index (χ4n) is 2.52. The summed E-state index contributed by atoms with van der Waals surface area (Å²) in [5.41, 5.74) is 0.485. The highest BCUT2D eigenvalue weighted by Gasteiger charge is 2.28. The summed E-state index contributed by atoms with van der Waals surface area (Å²) in [6, 6.07) is 4.57. The third-order valence-corrected chi connectivity index (χ3v) is 3.93. The Morgan fingerprint density at radius 2 is 1.89 bits per heavy atom. The smallest absolute Gasteiger partial charge is 0.255 e. The van der Waals surface area contributed by atoms with E-state index in [-0.39, 0.29) is 29.0 Å². The number of nitrogens with one attached hydrogen (secondary N) is 1. The quantitative estimate of drug-likeness (QED) is 0.719. The van der Waals surface area contributed by atoms with Crippen molar-refractivity contribution in [2.24, 2.45) is 5.41 Å². The highest BCUT2D eigenvalue weighted by Crippen LogP contribution is 2.35. The Kier molecular flexibility index (Phi) is 3.69. The maximum Gasteiger partial charge on any atom is 0.255 e. The van der Waals surface area contributed by atoms with Crippen molar-refractivity contribution in [3.8, 4) is 11.5 Å². The molecule has 1 aliphatic rings. The van der Waals surface area contributed by atoms with E-state index in [0.717, 1.165) is 25.7 Å². The van der Waals surface area contributed by atoms with E-state index in [4.69, 9.17) is 0 Å². The number of hydrogen-bond acceptors (Lipinski definition) is 3. The number of phenolic OH excluding ortho intramolecular Hbond substituents is 2. The number of phenols is 2. The molecule has 0 radical (unpaired) electrons. The maximum atomic E-state index is 12.1. The lowest BCUT2D eigenvalue weighted by Crippen LogP contribution is -2.39. The van der Waals surface area contributed by atoms with Crippen LogP contribution in [0.5, 0.6) is 11.5 Å². The Morgan fingerprint density at radius 1 is 1.26 bits per heavy atom. The van der Waals surface area contributed by atoms with Crippen molar-refractivity contribution >= 4 is 5.91 Å². The van der Waals surface area contributed by atoms with Gasteiger partial charge < -0.3 is 15.5 Å². The molecule has 0 aromatic heterocycles. The summed E-state index contributed by atoms with van der Waals surface area (Å²) >= 11 is 0. The van der Waals surface area contributed by atoms with Crippen LogP contribution in [0.2, 0.25) is 0 Å². The number of benzene rings is 1. The van der Waals surface area contributed by atoms with E-state index in [1.54, 1.807) is 6.07 Å². The van der Waals surface area contributed by atoms with E-state index in [9.17, 15) is 15.0 Å². The molecule has 0 unspecified atom stereocenters. The van der Waals surface area contributed by atoms with Gasteiger partial charge in [-0.3, -0.25) is 4.79 Å². The van der Waals surface area contributed by atoms with Gasteiger partial charge in [0.15, 0.2) is 11.5 Å². The fourth-order valence-corrected chi connectivity index (χ4v) is 2.52. The Morgan fingerprint density at radius 3 is 2.53 bits per heavy atom. The van der Waals surface area contributed by atoms with Crippen LogP contribution >= 0.6 is 0 Å². The zero-order valence-electron chi connectivity index (χ0n) is 11.4. The van der Waals surface area contributed by atoms with Gasteiger partial charge in [-0.2, -0.15) is 0 Å². The average molecular weight is 263 g/mol. The second-order valence-electron chi connectivity index (χ2n) is 6.09. The van der Waals surface area contributed by atoms with E-state index in [1.165, 1.54) is 12.1 Å². The number of rotatable bonds is 2. The molecule has 1 aromatic carbocycles. The molecule has 1 amide bonds. The first-order valence-electron chi connectivity index (χ1n) is 6.71. The lowest BCUT2D eigenvalue weighted by Gasteiger charge is -2.34. The first-order valence-corrected chi connectivity index (χ1v) is 6.71. The molecule has 1 aromatic rings. The molecule has 4 heteroatoms. The largest absolute Gasteiger partial charge is 0.504 e. The van der Waals surface area contributed by atoms with Crippen molar-refractivity contribution in [2.45, 2.75) is 45.6 Å². The molecule has 0 spiro atoms. The van der Waals surface area contributed by atoms with Crippen molar-refractivity contribution in [1.82, 2.24) is 5.32 Å². The zero-order chi connectivity index (χ0) is 14.0. The van der Waals surface area contributed by atoms with Gasteiger partial charge in [0.2, 0.25) is 0 Å². The monoisotopic (exact) mass is 263 g/mol. The van der Waals surface area contributed by atoms with Crippen LogP contribution in [-0.4, -0.2) is 22.2 Å². The van der Waals surface area contributed by atoms with Gasteiger partial charge in [0, 0.05) is 6.04 Å². The van der Waals surface area contributed by atoms with E-state index < -0.39 is 0 Å². The van der Waals surface area contributed by atoms with Crippen LogP contribution in [0.15, 0.2) is 18.2 Å². The molecule has 0 saturated heterocycles. The van der Waals surface area contributed by atoms with Crippen LogP contribution in [0, 0.1) is 5.41 Å². The molecule has 3 N–H and O–H groups in total. The molecule has 0 bridgehead atoms. The Labute approximate surface area is 113 Å². The molecule has 19 heavy (non-hydrogen) atoms. The van der Waals surface area contributed by atoms with Gasteiger partial charge in [-0.15, -0.1) is 0 Å². The number of hydrogen-bond donors (Lipinski definition) is 3. The molecule has 4 nitrogen and oxygen atoms in total. The molecule has 1 aliphatic carbocycles. The minimum absolute atomic E-state index is 0.129. The SMILES string of the molecule is CC1(C)CCC(NC(=O)c2cccc(O)c2O)CC1. The van der Waals surface area contributed by atoms with E-state index >= 15 is 0 Å². The lowest BCUT2D eigenvalue weighted by molar-refractivity contribution is 0.0905. The second-order valence-corrected chi connectivity index (χ2v) is 6.09. The number of carbonyl (C=O) groups excluding carboxylic acids is 1. The van der Waals surface area contributed by atoms with Crippen molar-refractivity contribution < 1.29 is 15.0 Å². The predicted octanol–water partition coefficient (Wildman–Crippen LogP) is 2.80. The molecule has 2 rings (SSSR count). The summed E-state index contributed by atoms with van der Waals surface area (Å²) in [4.78, 5) is 12.1. The lowest BCUT2D eigenvalue weighted by atomic mass is 9.75. The van der Waals surface area contributed by atoms with Crippen LogP contribution < -0.4 is 5.32 Å². The van der Waals surface area contributed by atoms with Gasteiger partial charge in [-0.25, -0.2) is 0 Å². The number of carbonyl (C=O) groups is 1. The maximum absolute atomic E-state index is 12.1. The fraction of sp³-hybridized carbons (Fsp3) is 0.533. The van der Waals surface area contributed by atoms with Gasteiger partial charge in [-0.1, -0.05) is 19.9 Å². The van der Waals surface area contributed by atoms with Crippen molar-refractivity contribution in [1.29, 1.82) is 0 Å². The van der Waals surface area contributed by atoms with Crippen LogP contribution in [0.1, 0.15) is 49.9 Å². The summed E-state index contributed by atoms with van der Waals surface area (Å²) in [7, 11) is 0. The summed E-state index contributed by atoms with van der Waals surface area (Å²) in [6.45, 7) is 4.48. The minimum Gasteiger partial charge on any atom is -0.504 e. The normalized spacial score (nSPS) is 19.1. The van der Waals surface area contributed by atoms with Gasteiger partial charge in [-0.05, 0) is 43.2 Å². The van der Waals surface area contributed by atoms with Crippen LogP contribution in [-0.2, 0) is 0 Å². The molecule has 0 atom stereocenters. The summed E-state index contributed by atoms with van der Waals surface area (Å²) in [5, 5.41) is 22.0. The number of aromatic hydroxyl groups is 2. The summed E-state index contributed by atoms with van der Waals surface area (Å²) in [5.74, 6) is -0.938. The first kappa shape index (κ1) is 13.7. The second kappa shape index (κ2) is 5.11. The van der Waals surface area contributed by atoms with E-state index in [0.29, 0.717) is 5.41 Å². The van der Waals surface area contributed by atoms with Gasteiger partial charge in [0.05, 0.1) is 5.56 Å². The molecular formula is C15H21NO3. The van der Waals surface area contributed by atoms with E-state index in [2.05, 4.69) is 19.2 Å². The molecule has 1 fully saturated rings. The zero-order valence-corrected chi connectivity index (χ0v) is 11.4. The molecular weight excluding hydrogens is 242 g/mol. The minimum atomic E-state index is -0.351. The third-order valence-electron chi connectivity index (χ3n) is 3.93. The molecule has 104 valence electrons. The number of amides is 1. The summed E-state index contributed by atoms with van der Waals surface area (Å²) < 4.78 is 0. The van der Waals surface area contributed by atoms with Crippen LogP contribution in [0.4, 0.5) is 0 Å². The third kappa shape index (κ3) is 3.19. The summed E-state index contributed by atoms with van der Waals surface area (Å²) in [6.07, 6.45) is 4.09. The van der Waals surface area contributed by atoms with Crippen molar-refractivity contribution in [2.75, 3.05) is 0 Å². The van der Waals surface area contributed by atoms with Gasteiger partial charge in [0.25, 0.3) is 5.91 Å². The topological polar surface area (TPSA) is 69.6 Å². The highest BCUT2D eigenvalue weighted by molar-refractivity contribution is 5.97. The molecule has 1 saturated carbocycles. The molecule has 0 heterocycles. The first-order chi connectivity index (χ1) is 8.89. The van der Waals surface area contributed by atoms with Crippen LogP contribution in [0.3, 0.4) is 0 Å². The Hall–Kier alpha value is -1.71. The van der Waals surface area contributed by atoms with Gasteiger partial charge in [0.1, 0.15) is 0 Å². The molecule has 0 aliphatic heterocycles. The Balaban J connectivity index is 2.00. The Bertz CT molecular complexity index is 472. The predicted molar refractivity (Wildman–Crippen MR) is 73.3 cm³/mol. The number of para-hydroxylation sites is 1. The van der Waals surface area contributed by atoms with Gasteiger partial charge >= 0.3 is 0 Å². The van der Waals surface area contributed by atoms with E-state index in [1.807, 2.05) is 0 Å². The van der Waals surface area contributed by atoms with Crippen molar-refractivity contribution in [3.63, 3.8) is 0 Å². The highest BCUT2D eigenvalue weighted by atomic mass is 16.3. The average Bonchev–Trinajstić information content (AvgIpc) is 2.35. The van der Waals surface area contributed by atoms with Crippen LogP contribution in [0.25, 0.3) is 0 Å². The standard InChI is InChI=1S/C15H21NO3/c1-15(2)8-6-10(7-9-15)16-14(19)11-4-3-5-12(17)13(11)18/h3-5,10,17-18H,6-9H2,1-2H3,(H,16,19).